The van der Waals surface area contributed by atoms with Gasteiger partial charge in [0.25, 0.3) is 0 Å². The van der Waals surface area contributed by atoms with Gasteiger partial charge in [-0.1, -0.05) is 0 Å². The van der Waals surface area contributed by atoms with Crippen molar-refractivity contribution < 1.29 is 4.74 Å². The highest BCUT2D eigenvalue weighted by Crippen LogP contribution is 2.26. The van der Waals surface area contributed by atoms with Gasteiger partial charge in [0.1, 0.15) is 5.75 Å². The van der Waals surface area contributed by atoms with Gasteiger partial charge in [0, 0.05) is 31.9 Å². The van der Waals surface area contributed by atoms with Gasteiger partial charge in [-0.15, -0.1) is 0 Å². The Morgan fingerprint density at radius 3 is 2.44 bits per heavy atom. The molecule has 90 valence electrons. The molecule has 0 aliphatic heterocycles. The van der Waals surface area contributed by atoms with Crippen molar-refractivity contribution in [2.24, 2.45) is 0 Å². The second-order valence-corrected chi connectivity index (χ2v) is 4.15. The van der Waals surface area contributed by atoms with E-state index in [4.69, 9.17) is 10.5 Å². The molecule has 0 amide bonds. The van der Waals surface area contributed by atoms with Crippen LogP contribution in [0.25, 0.3) is 0 Å². The van der Waals surface area contributed by atoms with Crippen LogP contribution >= 0.6 is 0 Å². The van der Waals surface area contributed by atoms with E-state index in [0.29, 0.717) is 5.69 Å². The van der Waals surface area contributed by atoms with Gasteiger partial charge in [-0.2, -0.15) is 0 Å². The van der Waals surface area contributed by atoms with E-state index in [1.165, 1.54) is 0 Å². The second-order valence-electron chi connectivity index (χ2n) is 4.15. The maximum atomic E-state index is 5.77. The Labute approximate surface area is 97.6 Å². The molecule has 1 aromatic rings. The summed E-state index contributed by atoms with van der Waals surface area (Å²) in [6, 6.07) is 5.85. The van der Waals surface area contributed by atoms with Crippen LogP contribution in [0.3, 0.4) is 0 Å². The highest BCUT2D eigenvalue weighted by atomic mass is 16.5. The number of methoxy groups -OCH3 is 1. The van der Waals surface area contributed by atoms with E-state index >= 15 is 0 Å². The van der Waals surface area contributed by atoms with E-state index in [1.807, 2.05) is 18.2 Å². The Kier molecular flexibility index (Phi) is 4.43. The summed E-state index contributed by atoms with van der Waals surface area (Å²) >= 11 is 0. The van der Waals surface area contributed by atoms with Crippen molar-refractivity contribution in [3.8, 4) is 5.75 Å². The molecule has 16 heavy (non-hydrogen) atoms. The zero-order valence-corrected chi connectivity index (χ0v) is 10.5. The molecule has 2 N–H and O–H groups in total. The third-order valence-corrected chi connectivity index (χ3v) is 2.54. The first-order chi connectivity index (χ1) is 7.54. The van der Waals surface area contributed by atoms with Gasteiger partial charge in [-0.25, -0.2) is 0 Å². The van der Waals surface area contributed by atoms with Gasteiger partial charge < -0.3 is 20.3 Å². The van der Waals surface area contributed by atoms with Gasteiger partial charge in [-0.3, -0.25) is 0 Å². The van der Waals surface area contributed by atoms with E-state index in [0.717, 1.165) is 24.5 Å². The van der Waals surface area contributed by atoms with Crippen molar-refractivity contribution in [1.82, 2.24) is 4.90 Å². The first kappa shape index (κ1) is 12.6. The minimum Gasteiger partial charge on any atom is -0.495 e. The lowest BCUT2D eigenvalue weighted by atomic mass is 10.2. The topological polar surface area (TPSA) is 41.7 Å². The smallest absolute Gasteiger partial charge is 0.143 e. The number of anilines is 2. The SMILES string of the molecule is COc1cc(N(C)CCN(C)C)ccc1N. The average molecular weight is 223 g/mol. The molecule has 1 rings (SSSR count). The van der Waals surface area contributed by atoms with Crippen LogP contribution in [0, 0.1) is 0 Å². The first-order valence-electron chi connectivity index (χ1n) is 5.34. The third-order valence-electron chi connectivity index (χ3n) is 2.54. The summed E-state index contributed by atoms with van der Waals surface area (Å²) in [5, 5.41) is 0. The highest BCUT2D eigenvalue weighted by Gasteiger charge is 2.05. The van der Waals surface area contributed by atoms with Gasteiger partial charge in [0.15, 0.2) is 0 Å². The van der Waals surface area contributed by atoms with Crippen LogP contribution in [-0.2, 0) is 0 Å². The Balaban J connectivity index is 2.72. The van der Waals surface area contributed by atoms with E-state index in [1.54, 1.807) is 7.11 Å². The Morgan fingerprint density at radius 2 is 1.88 bits per heavy atom. The van der Waals surface area contributed by atoms with Crippen LogP contribution in [0.5, 0.6) is 5.75 Å². The summed E-state index contributed by atoms with van der Waals surface area (Å²) in [6.45, 7) is 1.99. The van der Waals surface area contributed by atoms with E-state index in [9.17, 15) is 0 Å². The van der Waals surface area contributed by atoms with Crippen molar-refractivity contribution in [3.63, 3.8) is 0 Å². The number of nitrogens with zero attached hydrogens (tertiary/aromatic N) is 2. The van der Waals surface area contributed by atoms with Gasteiger partial charge in [0.05, 0.1) is 12.8 Å². The summed E-state index contributed by atoms with van der Waals surface area (Å²) in [7, 11) is 7.83. The summed E-state index contributed by atoms with van der Waals surface area (Å²) in [5.74, 6) is 0.731. The molecule has 0 atom stereocenters. The summed E-state index contributed by atoms with van der Waals surface area (Å²) in [6.07, 6.45) is 0. The highest BCUT2D eigenvalue weighted by molar-refractivity contribution is 5.62. The monoisotopic (exact) mass is 223 g/mol. The molecule has 0 aromatic heterocycles. The number of hydrogen-bond acceptors (Lipinski definition) is 4. The van der Waals surface area contributed by atoms with Crippen LogP contribution in [0.15, 0.2) is 18.2 Å². The number of benzene rings is 1. The lowest BCUT2D eigenvalue weighted by molar-refractivity contribution is 0.413. The largest absolute Gasteiger partial charge is 0.495 e. The standard InChI is InChI=1S/C12H21N3O/c1-14(2)7-8-15(3)10-5-6-11(13)12(9-10)16-4/h5-6,9H,7-8,13H2,1-4H3. The van der Waals surface area contributed by atoms with E-state index in [2.05, 4.69) is 30.9 Å². The number of likely N-dealkylation sites (N-methyl/N-ethyl adjacent to an activating group) is 2. The average Bonchev–Trinajstić information content (AvgIpc) is 2.26. The number of rotatable bonds is 5. The maximum Gasteiger partial charge on any atom is 0.143 e. The van der Waals surface area contributed by atoms with Crippen LogP contribution in [0.1, 0.15) is 0 Å². The summed E-state index contributed by atoms with van der Waals surface area (Å²) in [4.78, 5) is 4.34. The molecular weight excluding hydrogens is 202 g/mol. The molecule has 0 heterocycles. The van der Waals surface area contributed by atoms with Crippen molar-refractivity contribution in [1.29, 1.82) is 0 Å². The summed E-state index contributed by atoms with van der Waals surface area (Å²) in [5.41, 5.74) is 7.56. The molecule has 0 aliphatic rings. The number of ether oxygens (including phenoxy) is 1. The van der Waals surface area contributed by atoms with Crippen molar-refractivity contribution in [3.05, 3.63) is 18.2 Å². The first-order valence-corrected chi connectivity index (χ1v) is 5.34. The van der Waals surface area contributed by atoms with Crippen LogP contribution in [0.2, 0.25) is 0 Å². The number of hydrogen-bond donors (Lipinski definition) is 1. The third kappa shape index (κ3) is 3.31. The fourth-order valence-corrected chi connectivity index (χ4v) is 1.42. The van der Waals surface area contributed by atoms with Gasteiger partial charge in [0.2, 0.25) is 0 Å². The quantitative estimate of drug-likeness (QED) is 0.763. The molecular formula is C12H21N3O. The number of nitrogen functional groups attached to an aromatic ring is 1. The Bertz CT molecular complexity index is 339. The second kappa shape index (κ2) is 5.61. The minimum atomic E-state index is 0.673. The Hall–Kier alpha value is -1.42. The molecule has 0 bridgehead atoms. The molecule has 0 aliphatic carbocycles. The van der Waals surface area contributed by atoms with Crippen molar-refractivity contribution >= 4 is 11.4 Å². The number of nitrogens with two attached hydrogens (primary N) is 1. The summed E-state index contributed by atoms with van der Waals surface area (Å²) < 4.78 is 5.20. The van der Waals surface area contributed by atoms with Crippen LogP contribution < -0.4 is 15.4 Å². The van der Waals surface area contributed by atoms with Gasteiger partial charge in [-0.05, 0) is 26.2 Å². The van der Waals surface area contributed by atoms with Crippen molar-refractivity contribution in [2.45, 2.75) is 0 Å². The van der Waals surface area contributed by atoms with Gasteiger partial charge >= 0.3 is 0 Å². The molecule has 0 unspecified atom stereocenters. The van der Waals surface area contributed by atoms with Crippen LogP contribution in [-0.4, -0.2) is 46.2 Å². The molecule has 0 saturated heterocycles. The predicted molar refractivity (Wildman–Crippen MR) is 69.2 cm³/mol. The zero-order valence-electron chi connectivity index (χ0n) is 10.5. The zero-order chi connectivity index (χ0) is 12.1. The molecule has 0 spiro atoms. The Morgan fingerprint density at radius 1 is 1.19 bits per heavy atom. The lowest BCUT2D eigenvalue weighted by Crippen LogP contribution is -2.28. The van der Waals surface area contributed by atoms with Crippen molar-refractivity contribution in [2.75, 3.05) is 52.0 Å². The normalized spacial score (nSPS) is 10.6. The lowest BCUT2D eigenvalue weighted by Gasteiger charge is -2.22. The molecule has 0 radical (unpaired) electrons. The predicted octanol–water partition coefficient (Wildman–Crippen LogP) is 1.28. The van der Waals surface area contributed by atoms with E-state index < -0.39 is 0 Å². The maximum absolute atomic E-state index is 5.77. The fourth-order valence-electron chi connectivity index (χ4n) is 1.42. The van der Waals surface area contributed by atoms with Crippen LogP contribution in [0.4, 0.5) is 11.4 Å². The molecule has 0 saturated carbocycles. The fraction of sp³-hybridized carbons (Fsp3) is 0.500. The molecule has 4 nitrogen and oxygen atoms in total. The molecule has 1 aromatic carbocycles. The molecule has 4 heteroatoms. The minimum absolute atomic E-state index is 0.673. The van der Waals surface area contributed by atoms with E-state index in [-0.39, 0.29) is 0 Å². The molecule has 0 fully saturated rings.